The van der Waals surface area contributed by atoms with Crippen molar-refractivity contribution in [3.63, 3.8) is 0 Å². The van der Waals surface area contributed by atoms with Crippen molar-refractivity contribution in [2.75, 3.05) is 6.61 Å². The molecule has 0 saturated heterocycles. The minimum absolute atomic E-state index is 0.0685. The molecule has 1 nitrogen and oxygen atoms in total. The number of hydrogen-bond donors (Lipinski definition) is 0. The minimum Gasteiger partial charge on any atom is -0.407 e. The highest BCUT2D eigenvalue weighted by atomic mass is 28.4. The summed E-state index contributed by atoms with van der Waals surface area (Å²) in [6, 6.07) is 21.8. The summed E-state index contributed by atoms with van der Waals surface area (Å²) in [5.74, 6) is 0. The molecule has 0 aromatic heterocycles. The van der Waals surface area contributed by atoms with Gasteiger partial charge in [-0.05, 0) is 41.6 Å². The van der Waals surface area contributed by atoms with Crippen LogP contribution >= 0.6 is 0 Å². The van der Waals surface area contributed by atoms with E-state index in [2.05, 4.69) is 101 Å². The molecule has 2 aromatic carbocycles. The van der Waals surface area contributed by atoms with Crippen LogP contribution in [0.15, 0.2) is 72.8 Å². The second-order valence-corrected chi connectivity index (χ2v) is 11.9. The highest BCUT2D eigenvalue weighted by Gasteiger charge is 2.49. The van der Waals surface area contributed by atoms with E-state index in [1.54, 1.807) is 0 Å². The van der Waals surface area contributed by atoms with Crippen molar-refractivity contribution in [1.82, 2.24) is 0 Å². The zero-order chi connectivity index (χ0) is 18.2. The van der Waals surface area contributed by atoms with Gasteiger partial charge in [-0.1, -0.05) is 93.6 Å². The summed E-state index contributed by atoms with van der Waals surface area (Å²) in [6.07, 6.45) is 7.80. The fraction of sp³-hybridized carbons (Fsp3) is 0.391. The number of allylic oxidation sites excluding steroid dienone is 2. The number of unbranched alkanes of at least 4 members (excludes halogenated alkanes) is 2. The summed E-state index contributed by atoms with van der Waals surface area (Å²) in [5.41, 5.74) is 0. The van der Waals surface area contributed by atoms with Gasteiger partial charge in [-0.2, -0.15) is 0 Å². The Labute approximate surface area is 154 Å². The predicted octanol–water partition coefficient (Wildman–Crippen LogP) is 5.31. The lowest BCUT2D eigenvalue weighted by Gasteiger charge is -2.43. The van der Waals surface area contributed by atoms with E-state index in [9.17, 15) is 0 Å². The molecule has 0 aliphatic rings. The molecule has 0 saturated carbocycles. The third-order valence-electron chi connectivity index (χ3n) is 4.74. The Kier molecular flexibility index (Phi) is 7.21. The molecule has 0 fully saturated rings. The Balaban J connectivity index is 2.36. The van der Waals surface area contributed by atoms with Crippen LogP contribution in [0.3, 0.4) is 0 Å². The van der Waals surface area contributed by atoms with Crippen molar-refractivity contribution in [2.24, 2.45) is 0 Å². The van der Waals surface area contributed by atoms with Crippen LogP contribution in [0, 0.1) is 0 Å². The van der Waals surface area contributed by atoms with Gasteiger partial charge >= 0.3 is 0 Å². The molecular weight excluding hydrogens is 320 g/mol. The molecule has 0 amide bonds. The lowest BCUT2D eigenvalue weighted by Crippen LogP contribution is -2.66. The molecule has 2 rings (SSSR count). The van der Waals surface area contributed by atoms with E-state index in [0.717, 1.165) is 19.4 Å². The van der Waals surface area contributed by atoms with Crippen molar-refractivity contribution < 1.29 is 4.43 Å². The molecule has 0 N–H and O–H groups in total. The van der Waals surface area contributed by atoms with Crippen LogP contribution in [0.5, 0.6) is 0 Å². The average Bonchev–Trinajstić information content (AvgIpc) is 2.62. The van der Waals surface area contributed by atoms with Crippen molar-refractivity contribution in [2.45, 2.75) is 52.0 Å². The molecule has 0 spiro atoms. The van der Waals surface area contributed by atoms with Gasteiger partial charge in [0.25, 0.3) is 8.32 Å². The summed E-state index contributed by atoms with van der Waals surface area (Å²) >= 11 is 0. The maximum atomic E-state index is 6.86. The maximum Gasteiger partial charge on any atom is 0.261 e. The Morgan fingerprint density at radius 1 is 0.840 bits per heavy atom. The Bertz CT molecular complexity index is 601. The van der Waals surface area contributed by atoms with Gasteiger partial charge in [-0.3, -0.25) is 0 Å². The molecule has 0 aliphatic heterocycles. The molecule has 0 unspecified atom stereocenters. The van der Waals surface area contributed by atoms with Gasteiger partial charge in [0.1, 0.15) is 0 Å². The van der Waals surface area contributed by atoms with E-state index in [1.165, 1.54) is 16.8 Å². The molecule has 134 valence electrons. The monoisotopic (exact) mass is 352 g/mol. The molecule has 0 heterocycles. The third-order valence-corrected chi connectivity index (χ3v) is 9.78. The SMILES string of the molecule is CC=CCCCCO[Si](c1ccccc1)(c1ccccc1)C(C)(C)C. The molecule has 2 aromatic rings. The first kappa shape index (κ1) is 19.7. The standard InChI is InChI=1S/C23H32OSi/c1-5-6-7-8-15-20-24-25(23(2,3)4,21-16-11-9-12-17-21)22-18-13-10-14-19-22/h5-6,9-14,16-19H,7-8,15,20H2,1-4H3. The van der Waals surface area contributed by atoms with Crippen molar-refractivity contribution in [3.8, 4) is 0 Å². The first-order valence-corrected chi connectivity index (χ1v) is 11.3. The number of hydrogen-bond acceptors (Lipinski definition) is 1. The first-order valence-electron chi connectivity index (χ1n) is 9.38. The Morgan fingerprint density at radius 3 is 1.80 bits per heavy atom. The van der Waals surface area contributed by atoms with Crippen molar-refractivity contribution in [1.29, 1.82) is 0 Å². The van der Waals surface area contributed by atoms with Crippen LogP contribution in [0.1, 0.15) is 47.0 Å². The lowest BCUT2D eigenvalue weighted by molar-refractivity contribution is 0.289. The highest BCUT2D eigenvalue weighted by molar-refractivity contribution is 6.99. The molecule has 0 bridgehead atoms. The van der Waals surface area contributed by atoms with Crippen LogP contribution in [0.2, 0.25) is 5.04 Å². The number of benzene rings is 2. The third kappa shape index (κ3) is 4.71. The van der Waals surface area contributed by atoms with Crippen molar-refractivity contribution >= 4 is 18.7 Å². The first-order chi connectivity index (χ1) is 12.0. The number of rotatable bonds is 8. The van der Waals surface area contributed by atoms with Gasteiger partial charge in [0.2, 0.25) is 0 Å². The molecule has 25 heavy (non-hydrogen) atoms. The zero-order valence-corrected chi connectivity index (χ0v) is 17.2. The summed E-state index contributed by atoms with van der Waals surface area (Å²) in [6.45, 7) is 9.90. The van der Waals surface area contributed by atoms with Gasteiger partial charge in [0, 0.05) is 6.61 Å². The van der Waals surface area contributed by atoms with E-state index in [4.69, 9.17) is 4.43 Å². The molecule has 0 aliphatic carbocycles. The topological polar surface area (TPSA) is 9.23 Å². The average molecular weight is 353 g/mol. The summed E-state index contributed by atoms with van der Waals surface area (Å²) < 4.78 is 6.86. The van der Waals surface area contributed by atoms with Gasteiger partial charge in [-0.25, -0.2) is 0 Å². The van der Waals surface area contributed by atoms with Crippen molar-refractivity contribution in [3.05, 3.63) is 72.8 Å². The largest absolute Gasteiger partial charge is 0.407 e. The van der Waals surface area contributed by atoms with Crippen LogP contribution in [-0.4, -0.2) is 14.9 Å². The normalized spacial score (nSPS) is 12.6. The summed E-state index contributed by atoms with van der Waals surface area (Å²) in [7, 11) is -2.34. The zero-order valence-electron chi connectivity index (χ0n) is 16.2. The highest BCUT2D eigenvalue weighted by Crippen LogP contribution is 2.36. The quantitative estimate of drug-likeness (QED) is 0.355. The summed E-state index contributed by atoms with van der Waals surface area (Å²) in [5, 5.41) is 2.79. The van der Waals surface area contributed by atoms with Crippen LogP contribution in [-0.2, 0) is 4.43 Å². The van der Waals surface area contributed by atoms with Crippen LogP contribution < -0.4 is 10.4 Å². The van der Waals surface area contributed by atoms with E-state index < -0.39 is 8.32 Å². The molecule has 0 radical (unpaired) electrons. The van der Waals surface area contributed by atoms with Crippen LogP contribution in [0.25, 0.3) is 0 Å². The van der Waals surface area contributed by atoms with E-state index in [1.807, 2.05) is 0 Å². The van der Waals surface area contributed by atoms with Gasteiger partial charge in [-0.15, -0.1) is 0 Å². The predicted molar refractivity (Wildman–Crippen MR) is 112 cm³/mol. The maximum absolute atomic E-state index is 6.86. The molecule has 0 atom stereocenters. The second kappa shape index (κ2) is 9.16. The van der Waals surface area contributed by atoms with Crippen LogP contribution in [0.4, 0.5) is 0 Å². The molecular formula is C23H32OSi. The Morgan fingerprint density at radius 2 is 1.36 bits per heavy atom. The fourth-order valence-electron chi connectivity index (χ4n) is 3.52. The van der Waals surface area contributed by atoms with Gasteiger partial charge < -0.3 is 4.43 Å². The second-order valence-electron chi connectivity index (χ2n) is 7.58. The summed E-state index contributed by atoms with van der Waals surface area (Å²) in [4.78, 5) is 0. The minimum atomic E-state index is -2.34. The van der Waals surface area contributed by atoms with Gasteiger partial charge in [0.15, 0.2) is 0 Å². The lowest BCUT2D eigenvalue weighted by atomic mass is 10.2. The van der Waals surface area contributed by atoms with Gasteiger partial charge in [0.05, 0.1) is 0 Å². The fourth-order valence-corrected chi connectivity index (χ4v) is 8.12. The Hall–Kier alpha value is -1.64. The van der Waals surface area contributed by atoms with E-state index in [-0.39, 0.29) is 5.04 Å². The smallest absolute Gasteiger partial charge is 0.261 e. The van der Waals surface area contributed by atoms with E-state index >= 15 is 0 Å². The van der Waals surface area contributed by atoms with E-state index in [0.29, 0.717) is 0 Å². The molecule has 2 heteroatoms.